The lowest BCUT2D eigenvalue weighted by Gasteiger charge is -2.71. The van der Waals surface area contributed by atoms with Gasteiger partial charge in [-0.3, -0.25) is 4.79 Å². The lowest BCUT2D eigenvalue weighted by molar-refractivity contribution is -0.176. The first kappa shape index (κ1) is 38.1. The van der Waals surface area contributed by atoms with Crippen molar-refractivity contribution in [1.29, 1.82) is 0 Å². The van der Waals surface area contributed by atoms with Gasteiger partial charge in [-0.25, -0.2) is 4.79 Å². The predicted molar refractivity (Wildman–Crippen MR) is 209 cm³/mol. The first-order chi connectivity index (χ1) is 26.4. The molecule has 0 saturated heterocycles. The Bertz CT molecular complexity index is 1990. The number of ketones is 1. The smallest absolute Gasteiger partial charge is 0.393 e. The van der Waals surface area contributed by atoms with Gasteiger partial charge in [-0.15, -0.1) is 0 Å². The fourth-order valence-electron chi connectivity index (χ4n) is 14.3. The highest BCUT2D eigenvalue weighted by molar-refractivity contribution is 6.10. The monoisotopic (exact) mass is 770 g/mol. The molecule has 0 heterocycles. The van der Waals surface area contributed by atoms with Gasteiger partial charge in [-0.2, -0.15) is 13.2 Å². The Morgan fingerprint density at radius 1 is 0.875 bits per heavy atom. The number of amides is 2. The van der Waals surface area contributed by atoms with E-state index in [2.05, 4.69) is 45.2 Å². The lowest BCUT2D eigenvalue weighted by atomic mass is 9.32. The fraction of sp³-hybridized carbons (Fsp3) is 0.617. The molecular formula is C47H57F3N2O4. The van der Waals surface area contributed by atoms with Crippen LogP contribution in [0.3, 0.4) is 0 Å². The Balaban J connectivity index is 1.10. The van der Waals surface area contributed by atoms with E-state index in [-0.39, 0.29) is 40.8 Å². The fourth-order valence-corrected chi connectivity index (χ4v) is 14.3. The van der Waals surface area contributed by atoms with Crippen LogP contribution in [0.15, 0.2) is 78.4 Å². The molecule has 9 heteroatoms. The van der Waals surface area contributed by atoms with Crippen LogP contribution in [0.4, 0.5) is 23.7 Å². The molecule has 6 fully saturated rings. The number of carbonyl (C=O) groups is 2. The number of aliphatic hydroxyl groups is 2. The molecule has 2 spiro atoms. The second-order valence-corrected chi connectivity index (χ2v) is 20.1. The van der Waals surface area contributed by atoms with Crippen molar-refractivity contribution in [3.05, 3.63) is 89.5 Å². The molecule has 4 bridgehead atoms. The Morgan fingerprint density at radius 2 is 1.59 bits per heavy atom. The van der Waals surface area contributed by atoms with Crippen molar-refractivity contribution < 1.29 is 33.0 Å². The molecule has 9 aliphatic carbocycles. The van der Waals surface area contributed by atoms with Crippen molar-refractivity contribution in [2.75, 3.05) is 18.4 Å². The lowest BCUT2D eigenvalue weighted by Crippen LogP contribution is -2.67. The largest absolute Gasteiger partial charge is 0.416 e. The van der Waals surface area contributed by atoms with Crippen LogP contribution in [0.5, 0.6) is 0 Å². The summed E-state index contributed by atoms with van der Waals surface area (Å²) >= 11 is 0. The number of nitrogens with one attached hydrogen (secondary N) is 1. The van der Waals surface area contributed by atoms with Crippen LogP contribution < -0.4 is 5.32 Å². The van der Waals surface area contributed by atoms with Crippen molar-refractivity contribution >= 4 is 17.5 Å². The highest BCUT2D eigenvalue weighted by Gasteiger charge is 2.74. The summed E-state index contributed by atoms with van der Waals surface area (Å²) in [5.74, 6) is 0.955. The van der Waals surface area contributed by atoms with Gasteiger partial charge in [0.15, 0.2) is 5.78 Å². The number of Topliss-reactive ketones (excluding diaryl/α,β-unsaturated/α-hetero) is 1. The number of halogens is 3. The molecule has 6 saturated carbocycles. The van der Waals surface area contributed by atoms with Crippen LogP contribution in [0.1, 0.15) is 108 Å². The van der Waals surface area contributed by atoms with Gasteiger partial charge in [-0.05, 0) is 129 Å². The van der Waals surface area contributed by atoms with Crippen molar-refractivity contribution in [3.8, 4) is 0 Å². The first-order valence-corrected chi connectivity index (χ1v) is 21.0. The number of nitrogens with zero attached hydrogens (tertiary/aromatic N) is 1. The number of benzene rings is 2. The average Bonchev–Trinajstić information content (AvgIpc) is 3.44. The minimum Gasteiger partial charge on any atom is -0.393 e. The summed E-state index contributed by atoms with van der Waals surface area (Å²) in [6.07, 6.45) is 9.02. The number of allylic oxidation sites excluding steroid dienone is 4. The standard InChI is InChI=1S/C47H57F3N2O4/c1-41(2)31-14-13-30(35(41)24-31)27-52(40(55)51-33-11-6-5-7-12-33)28-45(56)20-17-38-43(45,4)19-16-37-42(3)18-15-34(53)25-44(42)21-22-46(37,38)36(26-44)39(54)29-9-8-10-32(23-29)47(48,49)50/h5-12,21-23,26,30-31,34-35,37-38,53,56H,13-20,24-25,27-28H2,1-4H3,(H,51,55). The molecule has 2 aromatic carbocycles. The van der Waals surface area contributed by atoms with Gasteiger partial charge < -0.3 is 20.4 Å². The molecule has 0 aliphatic heterocycles. The average molecular weight is 771 g/mol. The SMILES string of the molecule is CC1(C)C2CCC(CN(CC3(O)CCC4C56C=CC7(C=C5C(=O)c5cccc(C(F)(F)F)c5)CC(O)CCC7(C)C6CCC43C)C(=O)Nc3ccccc3)C1C2. The molecule has 56 heavy (non-hydrogen) atoms. The predicted octanol–water partition coefficient (Wildman–Crippen LogP) is 10.1. The molecule has 300 valence electrons. The van der Waals surface area contributed by atoms with E-state index in [1.165, 1.54) is 18.6 Å². The van der Waals surface area contributed by atoms with Crippen LogP contribution in [-0.4, -0.2) is 51.7 Å². The Hall–Kier alpha value is -3.43. The van der Waals surface area contributed by atoms with Crippen LogP contribution in [0.2, 0.25) is 0 Å². The maximum atomic E-state index is 14.9. The zero-order valence-corrected chi connectivity index (χ0v) is 33.2. The molecule has 2 amide bonds. The number of carbonyl (C=O) groups excluding carboxylic acids is 2. The molecule has 2 aromatic rings. The van der Waals surface area contributed by atoms with Gasteiger partial charge in [-0.1, -0.05) is 76.3 Å². The number of urea groups is 1. The summed E-state index contributed by atoms with van der Waals surface area (Å²) < 4.78 is 42.0. The van der Waals surface area contributed by atoms with Crippen molar-refractivity contribution in [1.82, 2.24) is 4.90 Å². The van der Waals surface area contributed by atoms with Crippen LogP contribution >= 0.6 is 0 Å². The topological polar surface area (TPSA) is 89.9 Å². The third-order valence-corrected chi connectivity index (χ3v) is 17.6. The number of fused-ring (bicyclic) bond motifs is 3. The molecule has 9 aliphatic rings. The molecule has 0 aromatic heterocycles. The minimum absolute atomic E-state index is 0.00353. The third kappa shape index (κ3) is 5.27. The number of hydrogen-bond donors (Lipinski definition) is 3. The van der Waals surface area contributed by atoms with Gasteiger partial charge in [0.25, 0.3) is 0 Å². The number of alkyl halides is 3. The summed E-state index contributed by atoms with van der Waals surface area (Å²) in [6, 6.07) is 14.0. The Kier molecular flexibility index (Phi) is 8.53. The summed E-state index contributed by atoms with van der Waals surface area (Å²) in [5, 5.41) is 27.4. The van der Waals surface area contributed by atoms with Gasteiger partial charge >= 0.3 is 12.2 Å². The Labute approximate surface area is 329 Å². The zero-order valence-electron chi connectivity index (χ0n) is 33.2. The molecule has 11 atom stereocenters. The molecule has 11 unspecified atom stereocenters. The van der Waals surface area contributed by atoms with E-state index in [4.69, 9.17) is 0 Å². The normalized spacial score (nSPS) is 41.4. The van der Waals surface area contributed by atoms with E-state index in [0.717, 1.165) is 43.7 Å². The van der Waals surface area contributed by atoms with Gasteiger partial charge in [0, 0.05) is 39.6 Å². The van der Waals surface area contributed by atoms with E-state index in [1.54, 1.807) is 0 Å². The maximum Gasteiger partial charge on any atom is 0.416 e. The highest BCUT2D eigenvalue weighted by atomic mass is 19.4. The van der Waals surface area contributed by atoms with Crippen molar-refractivity contribution in [2.24, 2.45) is 56.7 Å². The number of hydrogen-bond acceptors (Lipinski definition) is 4. The van der Waals surface area contributed by atoms with E-state index in [9.17, 15) is 33.0 Å². The van der Waals surface area contributed by atoms with Gasteiger partial charge in [0.1, 0.15) is 0 Å². The zero-order chi connectivity index (χ0) is 39.7. The van der Waals surface area contributed by atoms with E-state index in [0.29, 0.717) is 61.7 Å². The highest BCUT2D eigenvalue weighted by Crippen LogP contribution is 2.78. The van der Waals surface area contributed by atoms with Gasteiger partial charge in [0.2, 0.25) is 0 Å². The van der Waals surface area contributed by atoms with E-state index in [1.807, 2.05) is 41.3 Å². The minimum atomic E-state index is -4.60. The molecule has 3 N–H and O–H groups in total. The second kappa shape index (κ2) is 12.5. The summed E-state index contributed by atoms with van der Waals surface area (Å²) in [4.78, 5) is 31.2. The van der Waals surface area contributed by atoms with Crippen LogP contribution in [-0.2, 0) is 6.18 Å². The molecular weight excluding hydrogens is 714 g/mol. The third-order valence-electron chi connectivity index (χ3n) is 17.6. The Morgan fingerprint density at radius 3 is 2.30 bits per heavy atom. The van der Waals surface area contributed by atoms with Crippen molar-refractivity contribution in [3.63, 3.8) is 0 Å². The first-order valence-electron chi connectivity index (χ1n) is 21.0. The van der Waals surface area contributed by atoms with Crippen molar-refractivity contribution in [2.45, 2.75) is 110 Å². The maximum absolute atomic E-state index is 14.9. The number of aliphatic hydroxyl groups excluding tert-OH is 1. The van der Waals surface area contributed by atoms with E-state index < -0.39 is 45.5 Å². The second-order valence-electron chi connectivity index (χ2n) is 20.1. The summed E-state index contributed by atoms with van der Waals surface area (Å²) in [5.41, 5.74) is -3.10. The van der Waals surface area contributed by atoms with Crippen LogP contribution in [0, 0.1) is 56.7 Å². The summed E-state index contributed by atoms with van der Waals surface area (Å²) in [6.45, 7) is 9.86. The molecule has 11 rings (SSSR count). The van der Waals surface area contributed by atoms with E-state index >= 15 is 0 Å². The molecule has 0 radical (unpaired) electrons. The van der Waals surface area contributed by atoms with Crippen LogP contribution in [0.25, 0.3) is 0 Å². The number of anilines is 1. The summed E-state index contributed by atoms with van der Waals surface area (Å²) in [7, 11) is 0. The van der Waals surface area contributed by atoms with Gasteiger partial charge in [0.05, 0.1) is 23.8 Å². The number of rotatable bonds is 7. The quantitative estimate of drug-likeness (QED) is 0.193. The molecule has 6 nitrogen and oxygen atoms in total. The number of para-hydroxylation sites is 1.